The van der Waals surface area contributed by atoms with E-state index in [4.69, 9.17) is 4.74 Å². The van der Waals surface area contributed by atoms with Crippen molar-refractivity contribution in [3.63, 3.8) is 0 Å². The van der Waals surface area contributed by atoms with Crippen LogP contribution in [-0.4, -0.2) is 23.1 Å². The van der Waals surface area contributed by atoms with Crippen LogP contribution in [0.15, 0.2) is 48.8 Å². The summed E-state index contributed by atoms with van der Waals surface area (Å²) < 4.78 is 5.16. The number of hydrogen-bond acceptors (Lipinski definition) is 4. The van der Waals surface area contributed by atoms with Crippen LogP contribution in [0.5, 0.6) is 5.75 Å². The van der Waals surface area contributed by atoms with E-state index in [0.717, 1.165) is 11.3 Å². The number of aliphatic hydroxyl groups excluding tert-OH is 1. The van der Waals surface area contributed by atoms with Gasteiger partial charge in [0, 0.05) is 18.0 Å². The van der Waals surface area contributed by atoms with Crippen LogP contribution in [0.4, 0.5) is 0 Å². The molecule has 0 spiro atoms. The summed E-state index contributed by atoms with van der Waals surface area (Å²) in [5.41, 5.74) is 1.37. The van der Waals surface area contributed by atoms with Gasteiger partial charge in [0.1, 0.15) is 5.75 Å². The summed E-state index contributed by atoms with van der Waals surface area (Å²) in [6, 6.07) is 10.5. The lowest BCUT2D eigenvalue weighted by molar-refractivity contribution is -0.130. The van der Waals surface area contributed by atoms with Crippen molar-refractivity contribution in [2.24, 2.45) is 0 Å². The molecule has 5 nitrogen and oxygen atoms in total. The molecule has 0 aliphatic heterocycles. The van der Waals surface area contributed by atoms with Crippen molar-refractivity contribution in [3.05, 3.63) is 59.9 Å². The normalized spacial score (nSPS) is 13.3. The number of rotatable bonds is 5. The number of methoxy groups -OCH3 is 1. The predicted molar refractivity (Wildman–Crippen MR) is 78.7 cm³/mol. The minimum absolute atomic E-state index is 0.237. The molecule has 110 valence electrons. The van der Waals surface area contributed by atoms with Gasteiger partial charge in [-0.15, -0.1) is 0 Å². The second kappa shape index (κ2) is 6.85. The van der Waals surface area contributed by atoms with Crippen LogP contribution >= 0.6 is 0 Å². The third kappa shape index (κ3) is 3.79. The van der Waals surface area contributed by atoms with Crippen molar-refractivity contribution in [1.82, 2.24) is 10.3 Å². The van der Waals surface area contributed by atoms with E-state index in [1.165, 1.54) is 6.20 Å². The van der Waals surface area contributed by atoms with Gasteiger partial charge in [-0.3, -0.25) is 9.78 Å². The fourth-order valence-corrected chi connectivity index (χ4v) is 1.98. The van der Waals surface area contributed by atoms with Crippen LogP contribution in [-0.2, 0) is 4.79 Å². The third-order valence-electron chi connectivity index (χ3n) is 3.20. The first-order chi connectivity index (χ1) is 10.1. The van der Waals surface area contributed by atoms with Crippen molar-refractivity contribution >= 4 is 5.91 Å². The quantitative estimate of drug-likeness (QED) is 0.882. The van der Waals surface area contributed by atoms with E-state index >= 15 is 0 Å². The summed E-state index contributed by atoms with van der Waals surface area (Å²) in [7, 11) is 1.59. The van der Waals surface area contributed by atoms with Gasteiger partial charge in [-0.1, -0.05) is 18.2 Å². The Kier molecular flexibility index (Phi) is 4.90. The van der Waals surface area contributed by atoms with Crippen LogP contribution in [0.3, 0.4) is 0 Å². The maximum absolute atomic E-state index is 12.1. The second-order valence-electron chi connectivity index (χ2n) is 4.70. The Hall–Kier alpha value is -2.40. The number of aliphatic hydroxyl groups is 1. The molecule has 0 saturated heterocycles. The number of carbonyl (C=O) groups excluding carboxylic acids is 1. The Labute approximate surface area is 123 Å². The molecule has 0 saturated carbocycles. The van der Waals surface area contributed by atoms with Crippen molar-refractivity contribution in [1.29, 1.82) is 0 Å². The Morgan fingerprint density at radius 2 is 2.05 bits per heavy atom. The highest BCUT2D eigenvalue weighted by atomic mass is 16.5. The molecule has 1 amide bonds. The molecule has 1 heterocycles. The number of hydrogen-bond donors (Lipinski definition) is 2. The maximum Gasteiger partial charge on any atom is 0.254 e. The molecule has 2 aromatic rings. The SMILES string of the molecule is COc1cccc([C@@H](C)NC(=O)C(O)c2cccnc2)c1. The van der Waals surface area contributed by atoms with Crippen molar-refractivity contribution in [2.75, 3.05) is 7.11 Å². The van der Waals surface area contributed by atoms with Crippen LogP contribution in [0.25, 0.3) is 0 Å². The average molecular weight is 286 g/mol. The van der Waals surface area contributed by atoms with Crippen molar-refractivity contribution in [2.45, 2.75) is 19.1 Å². The number of pyridine rings is 1. The first kappa shape index (κ1) is 15.0. The van der Waals surface area contributed by atoms with E-state index in [-0.39, 0.29) is 6.04 Å². The molecule has 1 unspecified atom stereocenters. The summed E-state index contributed by atoms with van der Waals surface area (Å²) in [4.78, 5) is 16.0. The number of amides is 1. The molecule has 2 N–H and O–H groups in total. The fourth-order valence-electron chi connectivity index (χ4n) is 1.98. The Bertz CT molecular complexity index is 601. The van der Waals surface area contributed by atoms with Crippen LogP contribution in [0.1, 0.15) is 30.2 Å². The number of nitrogens with zero attached hydrogens (tertiary/aromatic N) is 1. The van der Waals surface area contributed by atoms with Gasteiger partial charge in [0.25, 0.3) is 5.91 Å². The topological polar surface area (TPSA) is 71.5 Å². The summed E-state index contributed by atoms with van der Waals surface area (Å²) >= 11 is 0. The van der Waals surface area contributed by atoms with Gasteiger partial charge in [-0.2, -0.15) is 0 Å². The lowest BCUT2D eigenvalue weighted by Gasteiger charge is -2.18. The lowest BCUT2D eigenvalue weighted by Crippen LogP contribution is -2.31. The third-order valence-corrected chi connectivity index (χ3v) is 3.20. The molecular weight excluding hydrogens is 268 g/mol. The number of nitrogens with one attached hydrogen (secondary N) is 1. The zero-order chi connectivity index (χ0) is 15.2. The van der Waals surface area contributed by atoms with Crippen LogP contribution < -0.4 is 10.1 Å². The van der Waals surface area contributed by atoms with Crippen LogP contribution in [0, 0.1) is 0 Å². The summed E-state index contributed by atoms with van der Waals surface area (Å²) in [6.07, 6.45) is 1.83. The lowest BCUT2D eigenvalue weighted by atomic mass is 10.1. The largest absolute Gasteiger partial charge is 0.497 e. The fraction of sp³-hybridized carbons (Fsp3) is 0.250. The summed E-state index contributed by atoms with van der Waals surface area (Å²) in [5.74, 6) is 0.264. The molecule has 1 aromatic carbocycles. The molecule has 1 aromatic heterocycles. The smallest absolute Gasteiger partial charge is 0.254 e. The van der Waals surface area contributed by atoms with Crippen molar-refractivity contribution in [3.8, 4) is 5.75 Å². The van der Waals surface area contributed by atoms with Gasteiger partial charge in [0.2, 0.25) is 0 Å². The Morgan fingerprint density at radius 3 is 2.71 bits per heavy atom. The van der Waals surface area contributed by atoms with E-state index in [1.807, 2.05) is 31.2 Å². The zero-order valence-corrected chi connectivity index (χ0v) is 12.0. The maximum atomic E-state index is 12.1. The Morgan fingerprint density at radius 1 is 1.29 bits per heavy atom. The average Bonchev–Trinajstić information content (AvgIpc) is 2.54. The first-order valence-corrected chi connectivity index (χ1v) is 6.64. The number of aromatic nitrogens is 1. The number of ether oxygens (including phenoxy) is 1. The van der Waals surface area contributed by atoms with Gasteiger partial charge in [0.05, 0.1) is 13.2 Å². The van der Waals surface area contributed by atoms with E-state index in [9.17, 15) is 9.90 Å². The highest BCUT2D eigenvalue weighted by Gasteiger charge is 2.19. The molecule has 0 radical (unpaired) electrons. The minimum atomic E-state index is -1.23. The summed E-state index contributed by atoms with van der Waals surface area (Å²) in [6.45, 7) is 1.85. The molecule has 5 heteroatoms. The zero-order valence-electron chi connectivity index (χ0n) is 12.0. The molecule has 0 aliphatic carbocycles. The number of carbonyl (C=O) groups is 1. The van der Waals surface area contributed by atoms with Gasteiger partial charge in [-0.05, 0) is 30.7 Å². The molecule has 0 bridgehead atoms. The van der Waals surface area contributed by atoms with Crippen molar-refractivity contribution < 1.29 is 14.6 Å². The first-order valence-electron chi connectivity index (χ1n) is 6.64. The molecular formula is C16H18N2O3. The molecule has 2 rings (SSSR count). The van der Waals surface area contributed by atoms with Gasteiger partial charge < -0.3 is 15.2 Å². The monoisotopic (exact) mass is 286 g/mol. The number of benzene rings is 1. The minimum Gasteiger partial charge on any atom is -0.497 e. The molecule has 0 fully saturated rings. The molecule has 0 aliphatic rings. The second-order valence-corrected chi connectivity index (χ2v) is 4.70. The molecule has 2 atom stereocenters. The standard InChI is InChI=1S/C16H18N2O3/c1-11(12-5-3-7-14(9-12)21-2)18-16(20)15(19)13-6-4-8-17-10-13/h3-11,15,19H,1-2H3,(H,18,20)/t11-,15?/m1/s1. The van der Waals surface area contributed by atoms with E-state index in [2.05, 4.69) is 10.3 Å². The van der Waals surface area contributed by atoms with E-state index in [0.29, 0.717) is 5.56 Å². The van der Waals surface area contributed by atoms with Gasteiger partial charge in [-0.25, -0.2) is 0 Å². The Balaban J connectivity index is 2.04. The van der Waals surface area contributed by atoms with Gasteiger partial charge in [0.15, 0.2) is 6.10 Å². The van der Waals surface area contributed by atoms with Gasteiger partial charge >= 0.3 is 0 Å². The van der Waals surface area contributed by atoms with E-state index in [1.54, 1.807) is 25.4 Å². The highest BCUT2D eigenvalue weighted by molar-refractivity contribution is 5.82. The predicted octanol–water partition coefficient (Wildman–Crippen LogP) is 2.00. The van der Waals surface area contributed by atoms with E-state index < -0.39 is 12.0 Å². The van der Waals surface area contributed by atoms with Crippen LogP contribution in [0.2, 0.25) is 0 Å². The molecule has 21 heavy (non-hydrogen) atoms. The summed E-state index contributed by atoms with van der Waals surface area (Å²) in [5, 5.41) is 12.8. The highest BCUT2D eigenvalue weighted by Crippen LogP contribution is 2.20.